The van der Waals surface area contributed by atoms with Crippen molar-refractivity contribution in [2.75, 3.05) is 11.1 Å². The molecule has 0 bridgehead atoms. The van der Waals surface area contributed by atoms with Crippen LogP contribution in [0.25, 0.3) is 11.5 Å². The number of nitrogens with one attached hydrogen (secondary N) is 1. The molecule has 1 amide bonds. The molecule has 3 aromatic rings. The van der Waals surface area contributed by atoms with E-state index in [9.17, 15) is 19.3 Å². The molecule has 0 unspecified atom stereocenters. The van der Waals surface area contributed by atoms with Crippen molar-refractivity contribution in [1.82, 2.24) is 10.2 Å². The lowest BCUT2D eigenvalue weighted by Crippen LogP contribution is -2.15. The van der Waals surface area contributed by atoms with Crippen LogP contribution in [0.15, 0.2) is 52.1 Å². The number of nitro groups is 1. The van der Waals surface area contributed by atoms with Gasteiger partial charge < -0.3 is 9.73 Å². The first-order valence-corrected chi connectivity index (χ1v) is 8.68. The van der Waals surface area contributed by atoms with Crippen LogP contribution < -0.4 is 5.32 Å². The predicted molar refractivity (Wildman–Crippen MR) is 96.9 cm³/mol. The number of rotatable bonds is 6. The summed E-state index contributed by atoms with van der Waals surface area (Å²) in [4.78, 5) is 22.3. The molecule has 0 atom stereocenters. The summed E-state index contributed by atoms with van der Waals surface area (Å²) in [7, 11) is 0. The molecule has 0 saturated heterocycles. The fourth-order valence-corrected chi connectivity index (χ4v) is 2.74. The number of anilines is 1. The molecule has 0 radical (unpaired) electrons. The lowest BCUT2D eigenvalue weighted by molar-refractivity contribution is -0.384. The van der Waals surface area contributed by atoms with Crippen LogP contribution in [-0.4, -0.2) is 26.8 Å². The molecule has 0 aliphatic carbocycles. The quantitative estimate of drug-likeness (QED) is 0.388. The second-order valence-corrected chi connectivity index (χ2v) is 6.40. The van der Waals surface area contributed by atoms with Gasteiger partial charge >= 0.3 is 0 Å². The van der Waals surface area contributed by atoms with Gasteiger partial charge in [0, 0.05) is 23.4 Å². The van der Waals surface area contributed by atoms with E-state index in [1.807, 2.05) is 0 Å². The predicted octanol–water partition coefficient (Wildman–Crippen LogP) is 3.82. The Labute approximate surface area is 156 Å². The molecule has 10 heteroatoms. The summed E-state index contributed by atoms with van der Waals surface area (Å²) >= 11 is 1.00. The third kappa shape index (κ3) is 4.67. The molecule has 1 N–H and O–H groups in total. The van der Waals surface area contributed by atoms with E-state index in [0.717, 1.165) is 17.3 Å². The van der Waals surface area contributed by atoms with Gasteiger partial charge in [0.25, 0.3) is 10.9 Å². The van der Waals surface area contributed by atoms with E-state index in [2.05, 4.69) is 15.5 Å². The largest absolute Gasteiger partial charge is 0.411 e. The average Bonchev–Trinajstić information content (AvgIpc) is 3.12. The molecule has 27 heavy (non-hydrogen) atoms. The monoisotopic (exact) mass is 388 g/mol. The highest BCUT2D eigenvalue weighted by Gasteiger charge is 2.14. The van der Waals surface area contributed by atoms with E-state index in [-0.39, 0.29) is 28.5 Å². The molecule has 138 valence electrons. The number of thioether (sulfide) groups is 1. The van der Waals surface area contributed by atoms with Crippen LogP contribution in [0.3, 0.4) is 0 Å². The highest BCUT2D eigenvalue weighted by atomic mass is 32.2. The molecule has 0 aliphatic heterocycles. The van der Waals surface area contributed by atoms with Crippen LogP contribution in [0.2, 0.25) is 0 Å². The van der Waals surface area contributed by atoms with Gasteiger partial charge in [-0.15, -0.1) is 10.2 Å². The van der Waals surface area contributed by atoms with E-state index in [4.69, 9.17) is 4.42 Å². The Morgan fingerprint density at radius 1 is 1.30 bits per heavy atom. The van der Waals surface area contributed by atoms with E-state index in [1.165, 1.54) is 30.3 Å². The molecule has 8 nitrogen and oxygen atoms in total. The van der Waals surface area contributed by atoms with Gasteiger partial charge in [0.05, 0.1) is 10.7 Å². The van der Waals surface area contributed by atoms with Gasteiger partial charge in [-0.3, -0.25) is 14.9 Å². The number of benzene rings is 2. The first-order valence-electron chi connectivity index (χ1n) is 7.69. The highest BCUT2D eigenvalue weighted by molar-refractivity contribution is 7.99. The number of carbonyl (C=O) groups excluding carboxylic acids is 1. The van der Waals surface area contributed by atoms with Crippen molar-refractivity contribution in [1.29, 1.82) is 0 Å². The molecule has 1 heterocycles. The maximum atomic E-state index is 13.3. The van der Waals surface area contributed by atoms with Crippen molar-refractivity contribution >= 4 is 29.0 Å². The number of carbonyl (C=O) groups is 1. The smallest absolute Gasteiger partial charge is 0.277 e. The van der Waals surface area contributed by atoms with Crippen molar-refractivity contribution < 1.29 is 18.5 Å². The normalized spacial score (nSPS) is 10.6. The van der Waals surface area contributed by atoms with Crippen LogP contribution in [-0.2, 0) is 4.79 Å². The molecule has 0 spiro atoms. The first kappa shape index (κ1) is 18.5. The average molecular weight is 388 g/mol. The van der Waals surface area contributed by atoms with Crippen molar-refractivity contribution in [3.05, 3.63) is 64.0 Å². The SMILES string of the molecule is Cc1ccc(F)cc1NC(=O)CSc1nnc(-c2cccc([N+](=O)[O-])c2)o1. The summed E-state index contributed by atoms with van der Waals surface area (Å²) in [6.07, 6.45) is 0. The molecule has 0 saturated carbocycles. The summed E-state index contributed by atoms with van der Waals surface area (Å²) in [6.45, 7) is 1.76. The van der Waals surface area contributed by atoms with Crippen molar-refractivity contribution in [2.24, 2.45) is 0 Å². The minimum absolute atomic E-state index is 0.0213. The second kappa shape index (κ2) is 7.96. The van der Waals surface area contributed by atoms with Crippen LogP contribution in [0, 0.1) is 22.9 Å². The number of aromatic nitrogens is 2. The van der Waals surface area contributed by atoms with Crippen molar-refractivity contribution in [2.45, 2.75) is 12.1 Å². The molecule has 1 aromatic heterocycles. The fraction of sp³-hybridized carbons (Fsp3) is 0.118. The number of hydrogen-bond donors (Lipinski definition) is 1. The highest BCUT2D eigenvalue weighted by Crippen LogP contribution is 2.26. The molecule has 2 aromatic carbocycles. The zero-order chi connectivity index (χ0) is 19.4. The van der Waals surface area contributed by atoms with Crippen LogP contribution in [0.1, 0.15) is 5.56 Å². The Hall–Kier alpha value is -3.27. The summed E-state index contributed by atoms with van der Waals surface area (Å²) in [6, 6.07) is 9.92. The lowest BCUT2D eigenvalue weighted by atomic mass is 10.2. The topological polar surface area (TPSA) is 111 Å². The minimum atomic E-state index is -0.520. The van der Waals surface area contributed by atoms with Crippen LogP contribution in [0.5, 0.6) is 0 Å². The van der Waals surface area contributed by atoms with E-state index in [0.29, 0.717) is 11.3 Å². The van der Waals surface area contributed by atoms with Gasteiger partial charge in [-0.25, -0.2) is 4.39 Å². The standard InChI is InChI=1S/C17H13FN4O4S/c1-10-5-6-12(18)8-14(10)19-15(23)9-27-17-21-20-16(26-17)11-3-2-4-13(7-11)22(24)25/h2-8H,9H2,1H3,(H,19,23). The van der Waals surface area contributed by atoms with Crippen molar-refractivity contribution in [3.8, 4) is 11.5 Å². The molecular formula is C17H13FN4O4S. The Morgan fingerprint density at radius 3 is 2.89 bits per heavy atom. The number of nitrogens with zero attached hydrogens (tertiary/aromatic N) is 3. The number of nitro benzene ring substituents is 1. The zero-order valence-electron chi connectivity index (χ0n) is 14.0. The fourth-order valence-electron chi connectivity index (χ4n) is 2.18. The van der Waals surface area contributed by atoms with Gasteiger partial charge in [0.1, 0.15) is 5.82 Å². The summed E-state index contributed by atoms with van der Waals surface area (Å²) in [5.41, 5.74) is 1.44. The Morgan fingerprint density at radius 2 is 2.11 bits per heavy atom. The van der Waals surface area contributed by atoms with Crippen LogP contribution in [0.4, 0.5) is 15.8 Å². The summed E-state index contributed by atoms with van der Waals surface area (Å²) in [5.74, 6) is -0.708. The maximum absolute atomic E-state index is 13.3. The van der Waals surface area contributed by atoms with Gasteiger partial charge in [0.2, 0.25) is 11.8 Å². The van der Waals surface area contributed by atoms with E-state index >= 15 is 0 Å². The molecule has 0 fully saturated rings. The Balaban J connectivity index is 1.62. The number of amides is 1. The van der Waals surface area contributed by atoms with Gasteiger partial charge in [0.15, 0.2) is 0 Å². The number of aryl methyl sites for hydroxylation is 1. The third-order valence-corrected chi connectivity index (χ3v) is 4.33. The van der Waals surface area contributed by atoms with Gasteiger partial charge in [-0.05, 0) is 30.7 Å². The molecular weight excluding hydrogens is 375 g/mol. The third-order valence-electron chi connectivity index (χ3n) is 3.51. The number of halogens is 1. The molecule has 0 aliphatic rings. The van der Waals surface area contributed by atoms with E-state index in [1.54, 1.807) is 19.1 Å². The number of non-ortho nitro benzene ring substituents is 1. The lowest BCUT2D eigenvalue weighted by Gasteiger charge is -2.07. The van der Waals surface area contributed by atoms with E-state index < -0.39 is 10.7 Å². The molecule has 3 rings (SSSR count). The maximum Gasteiger partial charge on any atom is 0.277 e. The Bertz CT molecular complexity index is 1010. The van der Waals surface area contributed by atoms with Gasteiger partial charge in [-0.1, -0.05) is 23.9 Å². The summed E-state index contributed by atoms with van der Waals surface area (Å²) < 4.78 is 18.7. The minimum Gasteiger partial charge on any atom is -0.411 e. The van der Waals surface area contributed by atoms with Gasteiger partial charge in [-0.2, -0.15) is 0 Å². The second-order valence-electron chi connectivity index (χ2n) is 5.48. The van der Waals surface area contributed by atoms with Crippen LogP contribution >= 0.6 is 11.8 Å². The zero-order valence-corrected chi connectivity index (χ0v) is 14.8. The van der Waals surface area contributed by atoms with Crippen molar-refractivity contribution in [3.63, 3.8) is 0 Å². The number of hydrogen-bond acceptors (Lipinski definition) is 7. The first-order chi connectivity index (χ1) is 12.9. The Kier molecular flexibility index (Phi) is 5.46. The summed E-state index contributed by atoms with van der Waals surface area (Å²) in [5, 5.41) is 21.2.